The van der Waals surface area contributed by atoms with Crippen LogP contribution >= 0.6 is 11.8 Å². The summed E-state index contributed by atoms with van der Waals surface area (Å²) in [6.07, 6.45) is 6.29. The van der Waals surface area contributed by atoms with Crippen molar-refractivity contribution < 1.29 is 14.0 Å². The van der Waals surface area contributed by atoms with E-state index in [2.05, 4.69) is 54.5 Å². The Hall–Kier alpha value is -0.500. The maximum Gasteiger partial charge on any atom is 0.217 e. The van der Waals surface area contributed by atoms with Crippen molar-refractivity contribution in [1.82, 2.24) is 5.32 Å². The summed E-state index contributed by atoms with van der Waals surface area (Å²) < 4.78 is 14.1. The molecule has 2 N–H and O–H groups in total. The molecule has 0 aromatic rings. The van der Waals surface area contributed by atoms with Crippen molar-refractivity contribution in [2.75, 3.05) is 19.0 Å². The van der Waals surface area contributed by atoms with Crippen LogP contribution in [0.4, 0.5) is 0 Å². The molecule has 6 nitrogen and oxygen atoms in total. The highest BCUT2D eigenvalue weighted by Crippen LogP contribution is 2.42. The van der Waals surface area contributed by atoms with Crippen LogP contribution in [0.25, 0.3) is 0 Å². The Morgan fingerprint density at radius 2 is 1.93 bits per heavy atom. The summed E-state index contributed by atoms with van der Waals surface area (Å²) in [5, 5.41) is 7.87. The third-order valence-electron chi connectivity index (χ3n) is 6.81. The smallest absolute Gasteiger partial charge is 0.217 e. The lowest BCUT2D eigenvalue weighted by Crippen LogP contribution is -2.46. The molecule has 0 aliphatic carbocycles. The van der Waals surface area contributed by atoms with E-state index in [0.29, 0.717) is 42.4 Å². The van der Waals surface area contributed by atoms with Crippen LogP contribution in [-0.2, 0) is 9.47 Å². The second-order valence-electron chi connectivity index (χ2n) is 8.94. The minimum absolute atomic E-state index is 0.277. The zero-order valence-electron chi connectivity index (χ0n) is 20.0. The molecule has 6 unspecified atom stereocenters. The molecule has 0 spiro atoms. The van der Waals surface area contributed by atoms with Gasteiger partial charge in [-0.1, -0.05) is 26.7 Å². The van der Waals surface area contributed by atoms with Gasteiger partial charge in [0, 0.05) is 45.2 Å². The van der Waals surface area contributed by atoms with Crippen LogP contribution in [-0.4, -0.2) is 59.2 Å². The average Bonchev–Trinajstić information content (AvgIpc) is 3.31. The lowest BCUT2D eigenvalue weighted by atomic mass is 9.81. The number of ether oxygens (including phenoxy) is 2. The van der Waals surface area contributed by atoms with Crippen molar-refractivity contribution in [1.29, 1.82) is 5.53 Å². The van der Waals surface area contributed by atoms with Crippen molar-refractivity contribution >= 4 is 17.5 Å². The number of nitrogens with one attached hydrogen (secondary N) is 2. The second-order valence-corrected chi connectivity index (χ2v) is 10.2. The molecule has 0 radical (unpaired) electrons. The van der Waals surface area contributed by atoms with Gasteiger partial charge in [0.25, 0.3) is 0 Å². The third kappa shape index (κ3) is 6.75. The van der Waals surface area contributed by atoms with Crippen LogP contribution in [0.5, 0.6) is 0 Å². The molecule has 1 fully saturated rings. The normalized spacial score (nSPS) is 27.6. The molecule has 7 heteroatoms. The van der Waals surface area contributed by atoms with Gasteiger partial charge in [0.05, 0.1) is 5.25 Å². The highest BCUT2D eigenvalue weighted by atomic mass is 32.2. The first-order valence-corrected chi connectivity index (χ1v) is 13.1. The van der Waals surface area contributed by atoms with Crippen molar-refractivity contribution in [2.45, 2.75) is 110 Å². The van der Waals surface area contributed by atoms with Gasteiger partial charge in [0.15, 0.2) is 12.1 Å². The lowest BCUT2D eigenvalue weighted by molar-refractivity contribution is -0.591. The molecule has 0 aromatic heterocycles. The Kier molecular flexibility index (Phi) is 11.3. The van der Waals surface area contributed by atoms with Crippen molar-refractivity contribution in [3.63, 3.8) is 0 Å². The molecular formula is C23H45N4O2S+. The summed E-state index contributed by atoms with van der Waals surface area (Å²) in [7, 11) is 0. The molecule has 2 rings (SSSR count). The summed E-state index contributed by atoms with van der Waals surface area (Å²) in [6, 6.07) is 1.26. The van der Waals surface area contributed by atoms with Crippen LogP contribution in [0.1, 0.15) is 80.1 Å². The zero-order chi connectivity index (χ0) is 22.1. The zero-order valence-corrected chi connectivity index (χ0v) is 20.8. The Labute approximate surface area is 188 Å². The van der Waals surface area contributed by atoms with Crippen LogP contribution < -0.4 is 5.32 Å². The lowest BCUT2D eigenvalue weighted by Gasteiger charge is -2.34. The summed E-state index contributed by atoms with van der Waals surface area (Å²) in [5.74, 6) is 2.35. The molecule has 2 heterocycles. The van der Waals surface area contributed by atoms with Crippen molar-refractivity contribution in [2.24, 2.45) is 17.0 Å². The highest BCUT2D eigenvalue weighted by molar-refractivity contribution is 8.00. The van der Waals surface area contributed by atoms with Gasteiger partial charge in [-0.2, -0.15) is 16.9 Å². The van der Waals surface area contributed by atoms with E-state index in [0.717, 1.165) is 6.42 Å². The van der Waals surface area contributed by atoms with Crippen LogP contribution in [0.15, 0.2) is 5.11 Å². The predicted octanol–water partition coefficient (Wildman–Crippen LogP) is 5.26. The maximum atomic E-state index is 7.84. The molecule has 0 saturated carbocycles. The number of hydrogen-bond acceptors (Lipinski definition) is 6. The molecule has 0 bridgehead atoms. The van der Waals surface area contributed by atoms with E-state index in [1.807, 2.05) is 13.8 Å². The van der Waals surface area contributed by atoms with E-state index in [-0.39, 0.29) is 6.17 Å². The monoisotopic (exact) mass is 441 g/mol. The molecule has 1 saturated heterocycles. The van der Waals surface area contributed by atoms with Gasteiger partial charge in [-0.3, -0.25) is 0 Å². The first-order chi connectivity index (χ1) is 14.5. The Balaban J connectivity index is 2.19. The highest BCUT2D eigenvalue weighted by Gasteiger charge is 2.46. The fraction of sp³-hybridized carbons (Fsp3) is 0.957. The van der Waals surface area contributed by atoms with Gasteiger partial charge in [-0.25, -0.2) is 15.4 Å². The first-order valence-electron chi connectivity index (χ1n) is 12.0. The van der Waals surface area contributed by atoms with Crippen LogP contribution in [0.2, 0.25) is 0 Å². The van der Waals surface area contributed by atoms with Gasteiger partial charge in [0.2, 0.25) is 6.41 Å². The van der Waals surface area contributed by atoms with Gasteiger partial charge in [-0.05, 0) is 39.0 Å². The minimum atomic E-state index is -0.498. The predicted molar refractivity (Wildman–Crippen MR) is 126 cm³/mol. The number of rotatable bonds is 14. The molecule has 2 aliphatic rings. The van der Waals surface area contributed by atoms with E-state index in [1.54, 1.807) is 5.71 Å². The number of hydrogen-bond donors (Lipinski definition) is 2. The van der Waals surface area contributed by atoms with Gasteiger partial charge in [-0.15, -0.1) is 0 Å². The van der Waals surface area contributed by atoms with E-state index in [1.165, 1.54) is 37.9 Å². The SMILES string of the molecule is CCCC(C)C(CC(N=N)NC(OCC)OCC)C1SCCC1[N+]1=C(C)CCC1C. The molecule has 0 amide bonds. The largest absolute Gasteiger partial charge is 0.340 e. The summed E-state index contributed by atoms with van der Waals surface area (Å²) in [5.41, 5.74) is 9.40. The summed E-state index contributed by atoms with van der Waals surface area (Å²) in [4.78, 5) is 0. The fourth-order valence-corrected chi connectivity index (χ4v) is 7.12. The van der Waals surface area contributed by atoms with E-state index < -0.39 is 6.41 Å². The molecule has 0 aromatic carbocycles. The minimum Gasteiger partial charge on any atom is -0.340 e. The van der Waals surface area contributed by atoms with E-state index >= 15 is 0 Å². The molecular weight excluding hydrogens is 396 g/mol. The van der Waals surface area contributed by atoms with Crippen LogP contribution in [0.3, 0.4) is 0 Å². The molecule has 174 valence electrons. The first kappa shape index (κ1) is 25.8. The molecule has 30 heavy (non-hydrogen) atoms. The Morgan fingerprint density at radius 3 is 2.47 bits per heavy atom. The van der Waals surface area contributed by atoms with Crippen molar-refractivity contribution in [3.8, 4) is 0 Å². The second kappa shape index (κ2) is 13.1. The van der Waals surface area contributed by atoms with Gasteiger partial charge in [0.1, 0.15) is 11.9 Å². The van der Waals surface area contributed by atoms with Gasteiger partial charge < -0.3 is 9.47 Å². The summed E-state index contributed by atoms with van der Waals surface area (Å²) >= 11 is 2.15. The quantitative estimate of drug-likeness (QED) is 0.219. The van der Waals surface area contributed by atoms with E-state index in [4.69, 9.17) is 15.0 Å². The van der Waals surface area contributed by atoms with Crippen LogP contribution in [0, 0.1) is 17.4 Å². The molecule has 6 atom stereocenters. The topological polar surface area (TPSA) is 69.7 Å². The maximum absolute atomic E-state index is 7.84. The summed E-state index contributed by atoms with van der Waals surface area (Å²) in [6.45, 7) is 14.5. The molecule has 2 aliphatic heterocycles. The van der Waals surface area contributed by atoms with E-state index in [9.17, 15) is 0 Å². The third-order valence-corrected chi connectivity index (χ3v) is 8.33. The van der Waals surface area contributed by atoms with Crippen molar-refractivity contribution in [3.05, 3.63) is 0 Å². The number of nitrogens with zero attached hydrogens (tertiary/aromatic N) is 2. The average molecular weight is 442 g/mol. The Bertz CT molecular complexity index is 553. The van der Waals surface area contributed by atoms with Gasteiger partial charge >= 0.3 is 0 Å². The number of thioether (sulfide) groups is 1. The fourth-order valence-electron chi connectivity index (χ4n) is 5.36. The Morgan fingerprint density at radius 1 is 1.23 bits per heavy atom. The standard InChI is InChI=1S/C23H45N4O2S/c1-7-10-16(4)19(15-21(26-24)25-23(28-8-2)29-9-3)22-20(13-14-30-22)27-17(5)11-12-18(27)6/h16-17,19-25H,7-15H2,1-6H3/q+1.